The fourth-order valence-corrected chi connectivity index (χ4v) is 6.88. The van der Waals surface area contributed by atoms with Crippen molar-refractivity contribution < 1.29 is 49.0 Å². The second-order valence-corrected chi connectivity index (χ2v) is 16.2. The Morgan fingerprint density at radius 3 is 1.47 bits per heavy atom. The Kier molecular flexibility index (Phi) is 37.4. The topological polar surface area (TPSA) is 152 Å². The molecule has 4 N–H and O–H groups in total. The van der Waals surface area contributed by atoms with E-state index in [0.717, 1.165) is 44.9 Å². The lowest BCUT2D eigenvalue weighted by atomic mass is 9.99. The molecule has 2 unspecified atom stereocenters. The van der Waals surface area contributed by atoms with Crippen LogP contribution in [0.1, 0.15) is 187 Å². The first-order valence-electron chi connectivity index (χ1n) is 23.9. The summed E-state index contributed by atoms with van der Waals surface area (Å²) in [6.07, 6.45) is 42.3. The molecule has 60 heavy (non-hydrogen) atoms. The van der Waals surface area contributed by atoms with Crippen LogP contribution in [-0.2, 0) is 28.5 Å². The lowest BCUT2D eigenvalue weighted by Gasteiger charge is -2.39. The van der Waals surface area contributed by atoms with Gasteiger partial charge in [-0.2, -0.15) is 0 Å². The molecule has 0 bridgehead atoms. The van der Waals surface area contributed by atoms with E-state index >= 15 is 0 Å². The predicted octanol–water partition coefficient (Wildman–Crippen LogP) is 10.6. The third kappa shape index (κ3) is 31.3. The van der Waals surface area contributed by atoms with Gasteiger partial charge in [-0.05, 0) is 51.4 Å². The molecule has 1 saturated heterocycles. The average Bonchev–Trinajstić information content (AvgIpc) is 3.25. The van der Waals surface area contributed by atoms with Gasteiger partial charge in [0.2, 0.25) is 0 Å². The van der Waals surface area contributed by atoms with E-state index in [1.165, 1.54) is 103 Å². The molecule has 0 spiro atoms. The van der Waals surface area contributed by atoms with Gasteiger partial charge < -0.3 is 39.4 Å². The molecule has 0 aromatic rings. The van der Waals surface area contributed by atoms with Gasteiger partial charge in [0.25, 0.3) is 0 Å². The molecule has 0 aromatic heterocycles. The van der Waals surface area contributed by atoms with E-state index < -0.39 is 55.4 Å². The number of aliphatic hydroxyl groups excluding tert-OH is 4. The van der Waals surface area contributed by atoms with Crippen LogP contribution in [0.25, 0.3) is 0 Å². The maximum absolute atomic E-state index is 12.8. The van der Waals surface area contributed by atoms with Crippen LogP contribution in [0.4, 0.5) is 0 Å². The fourth-order valence-electron chi connectivity index (χ4n) is 6.88. The molecule has 1 aliphatic rings. The zero-order chi connectivity index (χ0) is 43.7. The molecular formula is C50H86O10. The molecule has 10 heteroatoms. The number of allylic oxidation sites excluding steroid dienone is 10. The lowest BCUT2D eigenvalue weighted by Crippen LogP contribution is -2.59. The molecule has 10 nitrogen and oxygen atoms in total. The summed E-state index contributed by atoms with van der Waals surface area (Å²) in [5.41, 5.74) is 0. The van der Waals surface area contributed by atoms with Crippen LogP contribution >= 0.6 is 0 Å². The Morgan fingerprint density at radius 2 is 0.967 bits per heavy atom. The van der Waals surface area contributed by atoms with Crippen molar-refractivity contribution in [3.05, 3.63) is 60.8 Å². The fraction of sp³-hybridized carbons (Fsp3) is 0.760. The first-order chi connectivity index (χ1) is 29.3. The van der Waals surface area contributed by atoms with Gasteiger partial charge >= 0.3 is 11.9 Å². The molecule has 1 aliphatic heterocycles. The zero-order valence-corrected chi connectivity index (χ0v) is 37.7. The Hall–Kier alpha value is -2.60. The van der Waals surface area contributed by atoms with Crippen molar-refractivity contribution in [1.29, 1.82) is 0 Å². The minimum atomic E-state index is -1.61. The van der Waals surface area contributed by atoms with Gasteiger partial charge in [-0.25, -0.2) is 0 Å². The highest BCUT2D eigenvalue weighted by Crippen LogP contribution is 2.22. The predicted molar refractivity (Wildman–Crippen MR) is 242 cm³/mol. The molecule has 0 saturated carbocycles. The summed E-state index contributed by atoms with van der Waals surface area (Å²) in [7, 11) is 0. The molecule has 0 radical (unpaired) electrons. The van der Waals surface area contributed by atoms with Gasteiger partial charge in [0.1, 0.15) is 31.0 Å². The van der Waals surface area contributed by atoms with E-state index in [1.807, 2.05) is 12.2 Å². The summed E-state index contributed by atoms with van der Waals surface area (Å²) >= 11 is 0. The number of esters is 2. The highest BCUT2D eigenvalue weighted by molar-refractivity contribution is 5.70. The van der Waals surface area contributed by atoms with Crippen LogP contribution in [0.15, 0.2) is 60.8 Å². The minimum absolute atomic E-state index is 0.151. The third-order valence-electron chi connectivity index (χ3n) is 10.7. The minimum Gasteiger partial charge on any atom is -0.462 e. The van der Waals surface area contributed by atoms with Crippen molar-refractivity contribution in [2.75, 3.05) is 19.8 Å². The van der Waals surface area contributed by atoms with Crippen LogP contribution in [0.3, 0.4) is 0 Å². The Balaban J connectivity index is 2.36. The number of ether oxygens (including phenoxy) is 4. The molecule has 1 rings (SSSR count). The van der Waals surface area contributed by atoms with Gasteiger partial charge in [0.15, 0.2) is 12.4 Å². The van der Waals surface area contributed by atoms with Crippen LogP contribution < -0.4 is 0 Å². The number of unbranched alkanes of at least 4 members (excludes halogenated alkanes) is 18. The second kappa shape index (κ2) is 40.5. The van der Waals surface area contributed by atoms with Crippen molar-refractivity contribution >= 4 is 11.9 Å². The van der Waals surface area contributed by atoms with Crippen molar-refractivity contribution in [3.63, 3.8) is 0 Å². The molecule has 346 valence electrons. The highest BCUT2D eigenvalue weighted by atomic mass is 16.7. The van der Waals surface area contributed by atoms with Crippen molar-refractivity contribution in [3.8, 4) is 0 Å². The largest absolute Gasteiger partial charge is 0.462 e. The zero-order valence-electron chi connectivity index (χ0n) is 37.7. The van der Waals surface area contributed by atoms with E-state index in [9.17, 15) is 30.0 Å². The highest BCUT2D eigenvalue weighted by Gasteiger charge is 2.44. The Bertz CT molecular complexity index is 1160. The number of hydrogen-bond donors (Lipinski definition) is 4. The van der Waals surface area contributed by atoms with Crippen LogP contribution in [-0.4, -0.2) is 89.0 Å². The summed E-state index contributed by atoms with van der Waals surface area (Å²) in [5.74, 6) is -0.900. The molecule has 0 aromatic carbocycles. The van der Waals surface area contributed by atoms with E-state index in [1.54, 1.807) is 0 Å². The van der Waals surface area contributed by atoms with Gasteiger partial charge in [-0.3, -0.25) is 9.59 Å². The van der Waals surface area contributed by atoms with E-state index in [4.69, 9.17) is 18.9 Å². The van der Waals surface area contributed by atoms with Crippen LogP contribution in [0.2, 0.25) is 0 Å². The first-order valence-corrected chi connectivity index (χ1v) is 23.9. The quantitative estimate of drug-likeness (QED) is 0.0267. The van der Waals surface area contributed by atoms with Crippen molar-refractivity contribution in [1.82, 2.24) is 0 Å². The number of rotatable bonds is 39. The van der Waals surface area contributed by atoms with Gasteiger partial charge in [0.05, 0.1) is 13.2 Å². The van der Waals surface area contributed by atoms with E-state index in [-0.39, 0.29) is 26.1 Å². The summed E-state index contributed by atoms with van der Waals surface area (Å²) < 4.78 is 22.1. The third-order valence-corrected chi connectivity index (χ3v) is 10.7. The standard InChI is InChI=1S/C50H86O10/c1-3-5-7-9-11-13-15-17-19-21-22-23-25-26-28-30-32-34-36-38-45(52)57-41-43(42-58-50-49(56)48(55)47(54)44(40-51)60-50)59-46(53)39-37-35-33-31-29-27-24-20-18-16-14-12-10-8-6-4-2/h11,13,17,19,22-23,26,28,32,34,43-44,47-51,54-56H,3-10,12,14-16,18,20-21,24-25,27,29-31,33,35-42H2,1-2H3/b13-11+,19-17+,23-22+,28-26+,34-32+/t43-,44-,47+,48?,49?,50-/m0/s1. The number of carbonyl (C=O) groups is 2. The summed E-state index contributed by atoms with van der Waals surface area (Å²) in [4.78, 5) is 25.3. The second-order valence-electron chi connectivity index (χ2n) is 16.2. The number of hydrogen-bond acceptors (Lipinski definition) is 10. The average molecular weight is 847 g/mol. The normalized spacial score (nSPS) is 20.4. The number of carbonyl (C=O) groups excluding carboxylic acids is 2. The Labute approximate surface area is 364 Å². The first kappa shape index (κ1) is 55.4. The maximum Gasteiger partial charge on any atom is 0.306 e. The van der Waals surface area contributed by atoms with Gasteiger partial charge in [-0.1, -0.05) is 184 Å². The monoisotopic (exact) mass is 847 g/mol. The van der Waals surface area contributed by atoms with E-state index in [0.29, 0.717) is 12.8 Å². The van der Waals surface area contributed by atoms with Crippen LogP contribution in [0, 0.1) is 0 Å². The molecule has 6 atom stereocenters. The van der Waals surface area contributed by atoms with Crippen molar-refractivity contribution in [2.45, 2.75) is 224 Å². The molecule has 1 heterocycles. The SMILES string of the molecule is CCCCC/C=C/C/C=C/C/C=C/C/C=C/C/C=C/CCC(=O)OC[C@@H](CO[C@H]1O[C@@H](CO)[C@@H](O)C(O)C1O)OC(=O)CCCCCCCCCCCCCCCCCC. The lowest BCUT2D eigenvalue weighted by molar-refractivity contribution is -0.305. The molecular weight excluding hydrogens is 761 g/mol. The Morgan fingerprint density at radius 1 is 0.517 bits per heavy atom. The van der Waals surface area contributed by atoms with E-state index in [2.05, 4.69) is 62.5 Å². The number of aliphatic hydroxyl groups is 4. The van der Waals surface area contributed by atoms with Crippen LogP contribution in [0.5, 0.6) is 0 Å². The van der Waals surface area contributed by atoms with Gasteiger partial charge in [0, 0.05) is 12.8 Å². The molecule has 0 amide bonds. The van der Waals surface area contributed by atoms with Gasteiger partial charge in [-0.15, -0.1) is 0 Å². The molecule has 0 aliphatic carbocycles. The van der Waals surface area contributed by atoms with Crippen molar-refractivity contribution in [2.24, 2.45) is 0 Å². The summed E-state index contributed by atoms with van der Waals surface area (Å²) in [6, 6.07) is 0. The maximum atomic E-state index is 12.8. The summed E-state index contributed by atoms with van der Waals surface area (Å²) in [6.45, 7) is 3.33. The molecule has 1 fully saturated rings. The summed E-state index contributed by atoms with van der Waals surface area (Å²) in [5, 5.41) is 40.1. The smallest absolute Gasteiger partial charge is 0.306 e.